The molecule has 1 aliphatic heterocycles. The number of carbonyl (C=O) groups is 1. The molecule has 3 rings (SSSR count). The topological polar surface area (TPSA) is 41.1 Å². The molecule has 3 nitrogen and oxygen atoms in total. The summed E-state index contributed by atoms with van der Waals surface area (Å²) >= 11 is 1.63. The molecule has 112 valence electrons. The van der Waals surface area contributed by atoms with Crippen LogP contribution in [0, 0.1) is 0 Å². The van der Waals surface area contributed by atoms with E-state index in [1.807, 2.05) is 16.8 Å². The highest BCUT2D eigenvalue weighted by atomic mass is 35.5. The molecule has 1 atom stereocenters. The quantitative estimate of drug-likeness (QED) is 0.908. The maximum Gasteiger partial charge on any atom is 0.224 e. The number of rotatable bonds is 4. The van der Waals surface area contributed by atoms with Crippen LogP contribution in [0.25, 0.3) is 0 Å². The Bertz CT molecular complexity index is 586. The number of thiophene rings is 1. The third-order valence-electron chi connectivity index (χ3n) is 3.66. The van der Waals surface area contributed by atoms with E-state index in [9.17, 15) is 4.79 Å². The Morgan fingerprint density at radius 1 is 1.33 bits per heavy atom. The zero-order valence-electron chi connectivity index (χ0n) is 11.7. The summed E-state index contributed by atoms with van der Waals surface area (Å²) in [6.07, 6.45) is 1.54. The van der Waals surface area contributed by atoms with Crippen molar-refractivity contribution >= 4 is 29.7 Å². The second-order valence-electron chi connectivity index (χ2n) is 5.07. The lowest BCUT2D eigenvalue weighted by atomic mass is 9.94. The van der Waals surface area contributed by atoms with Crippen LogP contribution in [0.1, 0.15) is 22.7 Å². The molecule has 0 aliphatic carbocycles. The largest absolute Gasteiger partial charge is 0.354 e. The summed E-state index contributed by atoms with van der Waals surface area (Å²) in [5.41, 5.74) is 3.79. The number of halogens is 1. The normalized spacial score (nSPS) is 16.7. The molecule has 2 aromatic rings. The van der Waals surface area contributed by atoms with Gasteiger partial charge in [0.1, 0.15) is 0 Å². The van der Waals surface area contributed by atoms with Gasteiger partial charge in [-0.05, 0) is 46.5 Å². The van der Waals surface area contributed by atoms with Gasteiger partial charge in [-0.3, -0.25) is 4.79 Å². The Hall–Kier alpha value is -1.36. The fraction of sp³-hybridized carbons (Fsp3) is 0.312. The number of nitrogens with one attached hydrogen (secondary N) is 2. The average molecular weight is 323 g/mol. The minimum absolute atomic E-state index is 0. The van der Waals surface area contributed by atoms with Crippen LogP contribution in [0.4, 0.5) is 0 Å². The summed E-state index contributed by atoms with van der Waals surface area (Å²) < 4.78 is 0. The van der Waals surface area contributed by atoms with Gasteiger partial charge in [-0.1, -0.05) is 24.3 Å². The minimum atomic E-state index is 0. The molecule has 0 fully saturated rings. The monoisotopic (exact) mass is 322 g/mol. The molecule has 1 aromatic carbocycles. The van der Waals surface area contributed by atoms with Gasteiger partial charge in [-0.15, -0.1) is 12.4 Å². The van der Waals surface area contributed by atoms with E-state index in [0.717, 1.165) is 18.5 Å². The number of carbonyl (C=O) groups excluding carboxylic acids is 1. The molecular formula is C16H19ClN2OS. The van der Waals surface area contributed by atoms with E-state index in [1.165, 1.54) is 11.1 Å². The van der Waals surface area contributed by atoms with Crippen LogP contribution in [-0.2, 0) is 17.6 Å². The van der Waals surface area contributed by atoms with Crippen LogP contribution in [0.3, 0.4) is 0 Å². The summed E-state index contributed by atoms with van der Waals surface area (Å²) in [5, 5.41) is 10.5. The molecule has 1 aromatic heterocycles. The van der Waals surface area contributed by atoms with E-state index in [1.54, 1.807) is 11.3 Å². The number of hydrogen-bond donors (Lipinski definition) is 2. The molecule has 21 heavy (non-hydrogen) atoms. The molecule has 2 N–H and O–H groups in total. The van der Waals surface area contributed by atoms with Crippen LogP contribution in [0.5, 0.6) is 0 Å². The molecule has 0 saturated heterocycles. The van der Waals surface area contributed by atoms with Gasteiger partial charge in [0.25, 0.3) is 0 Å². The Morgan fingerprint density at radius 2 is 2.19 bits per heavy atom. The number of benzene rings is 1. The Kier molecular flexibility index (Phi) is 5.79. The Morgan fingerprint density at radius 3 is 3.00 bits per heavy atom. The summed E-state index contributed by atoms with van der Waals surface area (Å²) in [6.45, 7) is 1.63. The first-order valence-electron chi connectivity index (χ1n) is 6.92. The molecule has 1 amide bonds. The highest BCUT2D eigenvalue weighted by Gasteiger charge is 2.19. The molecule has 2 heterocycles. The van der Waals surface area contributed by atoms with Crippen molar-refractivity contribution in [3.05, 3.63) is 57.8 Å². The van der Waals surface area contributed by atoms with Crippen molar-refractivity contribution in [2.45, 2.75) is 18.9 Å². The predicted molar refractivity (Wildman–Crippen MR) is 89.2 cm³/mol. The van der Waals surface area contributed by atoms with Crippen molar-refractivity contribution < 1.29 is 4.79 Å². The molecule has 0 radical (unpaired) electrons. The second kappa shape index (κ2) is 7.59. The van der Waals surface area contributed by atoms with Crippen molar-refractivity contribution in [3.63, 3.8) is 0 Å². The van der Waals surface area contributed by atoms with E-state index in [4.69, 9.17) is 0 Å². The number of fused-ring (bicyclic) bond motifs is 1. The van der Waals surface area contributed by atoms with Gasteiger partial charge >= 0.3 is 0 Å². The van der Waals surface area contributed by atoms with E-state index < -0.39 is 0 Å². The predicted octanol–water partition coefficient (Wildman–Crippen LogP) is 2.72. The summed E-state index contributed by atoms with van der Waals surface area (Å²) in [6, 6.07) is 10.7. The number of amides is 1. The van der Waals surface area contributed by atoms with Crippen LogP contribution in [-0.4, -0.2) is 19.0 Å². The first-order chi connectivity index (χ1) is 9.83. The Labute approximate surface area is 135 Å². The lowest BCUT2D eigenvalue weighted by molar-refractivity contribution is -0.120. The van der Waals surface area contributed by atoms with E-state index in [0.29, 0.717) is 13.0 Å². The minimum Gasteiger partial charge on any atom is -0.354 e. The van der Waals surface area contributed by atoms with Crippen LogP contribution < -0.4 is 10.6 Å². The first-order valence-corrected chi connectivity index (χ1v) is 7.86. The van der Waals surface area contributed by atoms with Crippen molar-refractivity contribution in [1.29, 1.82) is 0 Å². The first kappa shape index (κ1) is 16.0. The van der Waals surface area contributed by atoms with Crippen molar-refractivity contribution in [2.75, 3.05) is 13.1 Å². The molecule has 0 spiro atoms. The fourth-order valence-electron chi connectivity index (χ4n) is 2.63. The highest BCUT2D eigenvalue weighted by Crippen LogP contribution is 2.21. The van der Waals surface area contributed by atoms with Gasteiger partial charge < -0.3 is 10.6 Å². The van der Waals surface area contributed by atoms with Crippen molar-refractivity contribution in [3.8, 4) is 0 Å². The van der Waals surface area contributed by atoms with Gasteiger partial charge in [0.15, 0.2) is 0 Å². The second-order valence-corrected chi connectivity index (χ2v) is 5.85. The molecule has 1 aliphatic rings. The molecule has 0 saturated carbocycles. The maximum absolute atomic E-state index is 11.9. The molecule has 1 unspecified atom stereocenters. The smallest absolute Gasteiger partial charge is 0.224 e. The van der Waals surface area contributed by atoms with Crippen LogP contribution >= 0.6 is 23.7 Å². The van der Waals surface area contributed by atoms with Gasteiger partial charge in [0.05, 0.1) is 6.42 Å². The summed E-state index contributed by atoms with van der Waals surface area (Å²) in [5.74, 6) is 0.0910. The van der Waals surface area contributed by atoms with Crippen LogP contribution in [0.2, 0.25) is 0 Å². The van der Waals surface area contributed by atoms with Gasteiger partial charge in [-0.2, -0.15) is 11.3 Å². The van der Waals surface area contributed by atoms with Gasteiger partial charge in [-0.25, -0.2) is 0 Å². The lowest BCUT2D eigenvalue weighted by Crippen LogP contribution is -2.39. The average Bonchev–Trinajstić information content (AvgIpc) is 2.98. The van der Waals surface area contributed by atoms with E-state index in [-0.39, 0.29) is 24.4 Å². The third kappa shape index (κ3) is 4.06. The van der Waals surface area contributed by atoms with Crippen molar-refractivity contribution in [2.24, 2.45) is 0 Å². The molecular weight excluding hydrogens is 304 g/mol. The van der Waals surface area contributed by atoms with E-state index >= 15 is 0 Å². The Balaban J connectivity index is 0.00000161. The number of hydrogen-bond acceptors (Lipinski definition) is 3. The van der Waals surface area contributed by atoms with Gasteiger partial charge in [0, 0.05) is 12.6 Å². The molecule has 5 heteroatoms. The zero-order chi connectivity index (χ0) is 13.8. The molecule has 0 bridgehead atoms. The highest BCUT2D eigenvalue weighted by molar-refractivity contribution is 7.07. The van der Waals surface area contributed by atoms with Crippen molar-refractivity contribution in [1.82, 2.24) is 10.6 Å². The van der Waals surface area contributed by atoms with Crippen LogP contribution in [0.15, 0.2) is 41.1 Å². The summed E-state index contributed by atoms with van der Waals surface area (Å²) in [4.78, 5) is 11.9. The standard InChI is InChI=1S/C16H18N2OS.ClH/c19-16(9-12-6-8-20-11-12)18-10-15-14-4-2-1-3-13(14)5-7-17-15;/h1-4,6,8,11,15,17H,5,7,9-10H2,(H,18,19);1H. The van der Waals surface area contributed by atoms with E-state index in [2.05, 4.69) is 34.9 Å². The van der Waals surface area contributed by atoms with Gasteiger partial charge in [0.2, 0.25) is 5.91 Å². The fourth-order valence-corrected chi connectivity index (χ4v) is 3.30. The maximum atomic E-state index is 11.9. The third-order valence-corrected chi connectivity index (χ3v) is 4.40. The lowest BCUT2D eigenvalue weighted by Gasteiger charge is -2.27. The SMILES string of the molecule is Cl.O=C(Cc1ccsc1)NCC1NCCc2ccccc21. The summed E-state index contributed by atoms with van der Waals surface area (Å²) in [7, 11) is 0. The zero-order valence-corrected chi connectivity index (χ0v) is 13.3.